The number of methoxy groups -OCH3 is 2. The molecule has 2 rings (SSSR count). The highest BCUT2D eigenvalue weighted by Crippen LogP contribution is 2.30. The lowest BCUT2D eigenvalue weighted by atomic mass is 10.2. The fraction of sp³-hybridized carbons (Fsp3) is 0.214. The first-order valence-corrected chi connectivity index (χ1v) is 5.73. The Morgan fingerprint density at radius 1 is 1.16 bits per heavy atom. The van der Waals surface area contributed by atoms with Crippen molar-refractivity contribution in [3.63, 3.8) is 0 Å². The number of furan rings is 1. The molecule has 0 spiro atoms. The Bertz CT molecular complexity index is 589. The Morgan fingerprint density at radius 3 is 2.47 bits per heavy atom. The zero-order valence-corrected chi connectivity index (χ0v) is 11.0. The summed E-state index contributed by atoms with van der Waals surface area (Å²) < 4.78 is 15.4. The van der Waals surface area contributed by atoms with Gasteiger partial charge in [-0.2, -0.15) is 0 Å². The molecule has 0 aliphatic rings. The summed E-state index contributed by atoms with van der Waals surface area (Å²) >= 11 is 0. The van der Waals surface area contributed by atoms with Crippen LogP contribution < -0.4 is 14.8 Å². The van der Waals surface area contributed by atoms with Crippen LogP contribution in [0, 0.1) is 6.92 Å². The number of rotatable bonds is 4. The first kappa shape index (κ1) is 13.0. The summed E-state index contributed by atoms with van der Waals surface area (Å²) in [7, 11) is 3.10. The third-order valence-electron chi connectivity index (χ3n) is 2.71. The maximum atomic E-state index is 12.0. The van der Waals surface area contributed by atoms with Crippen molar-refractivity contribution in [2.75, 3.05) is 19.5 Å². The van der Waals surface area contributed by atoms with E-state index >= 15 is 0 Å². The zero-order chi connectivity index (χ0) is 13.8. The van der Waals surface area contributed by atoms with Crippen LogP contribution in [0.2, 0.25) is 0 Å². The molecule has 1 heterocycles. The van der Waals surface area contributed by atoms with E-state index in [0.29, 0.717) is 22.9 Å². The molecule has 0 saturated carbocycles. The molecule has 5 heteroatoms. The van der Waals surface area contributed by atoms with Crippen LogP contribution in [0.3, 0.4) is 0 Å². The number of carbonyl (C=O) groups is 1. The van der Waals surface area contributed by atoms with Crippen LogP contribution >= 0.6 is 0 Å². The molecular formula is C14H15NO4. The minimum absolute atomic E-state index is 0.297. The second-order valence-electron chi connectivity index (χ2n) is 3.96. The molecule has 1 amide bonds. The highest BCUT2D eigenvalue weighted by molar-refractivity contribution is 6.03. The van der Waals surface area contributed by atoms with E-state index in [4.69, 9.17) is 13.9 Å². The van der Waals surface area contributed by atoms with Gasteiger partial charge in [-0.3, -0.25) is 4.79 Å². The van der Waals surface area contributed by atoms with Gasteiger partial charge in [0.1, 0.15) is 0 Å². The molecule has 0 saturated heterocycles. The van der Waals surface area contributed by atoms with E-state index in [-0.39, 0.29) is 5.91 Å². The van der Waals surface area contributed by atoms with Crippen molar-refractivity contribution >= 4 is 11.6 Å². The Morgan fingerprint density at radius 2 is 1.89 bits per heavy atom. The molecule has 1 N–H and O–H groups in total. The van der Waals surface area contributed by atoms with E-state index in [1.807, 2.05) is 6.92 Å². The van der Waals surface area contributed by atoms with Gasteiger partial charge >= 0.3 is 0 Å². The zero-order valence-electron chi connectivity index (χ0n) is 11.0. The van der Waals surface area contributed by atoms with Crippen molar-refractivity contribution in [1.29, 1.82) is 0 Å². The summed E-state index contributed by atoms with van der Waals surface area (Å²) in [4.78, 5) is 12.0. The van der Waals surface area contributed by atoms with Gasteiger partial charge in [0.25, 0.3) is 5.91 Å². The van der Waals surface area contributed by atoms with Gasteiger partial charge in [-0.1, -0.05) is 0 Å². The molecular weight excluding hydrogens is 246 g/mol. The van der Waals surface area contributed by atoms with Crippen molar-refractivity contribution in [3.05, 3.63) is 41.9 Å². The fourth-order valence-corrected chi connectivity index (χ4v) is 1.71. The first-order valence-electron chi connectivity index (χ1n) is 5.73. The monoisotopic (exact) mass is 261 g/mol. The van der Waals surface area contributed by atoms with E-state index in [9.17, 15) is 4.79 Å². The minimum atomic E-state index is -0.297. The van der Waals surface area contributed by atoms with Crippen molar-refractivity contribution in [2.24, 2.45) is 0 Å². The number of aryl methyl sites for hydroxylation is 1. The van der Waals surface area contributed by atoms with Crippen molar-refractivity contribution < 1.29 is 18.7 Å². The van der Waals surface area contributed by atoms with Crippen LogP contribution in [0.4, 0.5) is 5.69 Å². The van der Waals surface area contributed by atoms with Gasteiger partial charge in [-0.15, -0.1) is 0 Å². The lowest BCUT2D eigenvalue weighted by Gasteiger charge is -2.10. The highest BCUT2D eigenvalue weighted by atomic mass is 16.5. The summed E-state index contributed by atoms with van der Waals surface area (Å²) in [5.74, 6) is 1.16. The lowest BCUT2D eigenvalue weighted by Crippen LogP contribution is -2.12. The van der Waals surface area contributed by atoms with Crippen LogP contribution in [-0.4, -0.2) is 20.1 Å². The molecule has 0 bridgehead atoms. The molecule has 0 aliphatic carbocycles. The van der Waals surface area contributed by atoms with Gasteiger partial charge < -0.3 is 19.2 Å². The number of nitrogens with one attached hydrogen (secondary N) is 1. The standard InChI is InChI=1S/C14H15NO4/c1-9-6-7-19-13(9)14(16)15-10-4-5-11(17-2)12(8-10)18-3/h4-8H,1-3H3,(H,15,16). The second kappa shape index (κ2) is 5.48. The third kappa shape index (κ3) is 2.70. The highest BCUT2D eigenvalue weighted by Gasteiger charge is 2.13. The van der Waals surface area contributed by atoms with E-state index in [0.717, 1.165) is 5.56 Å². The number of benzene rings is 1. The van der Waals surface area contributed by atoms with Crippen molar-refractivity contribution in [2.45, 2.75) is 6.92 Å². The van der Waals surface area contributed by atoms with Crippen LogP contribution in [0.25, 0.3) is 0 Å². The Hall–Kier alpha value is -2.43. The fourth-order valence-electron chi connectivity index (χ4n) is 1.71. The van der Waals surface area contributed by atoms with E-state index in [1.54, 1.807) is 38.5 Å². The van der Waals surface area contributed by atoms with Crippen molar-refractivity contribution in [3.8, 4) is 11.5 Å². The number of amides is 1. The van der Waals surface area contributed by atoms with Gasteiger partial charge in [0.05, 0.1) is 20.5 Å². The average molecular weight is 261 g/mol. The molecule has 0 aliphatic heterocycles. The van der Waals surface area contributed by atoms with Crippen molar-refractivity contribution in [1.82, 2.24) is 0 Å². The lowest BCUT2D eigenvalue weighted by molar-refractivity contribution is 0.0996. The van der Waals surface area contributed by atoms with Gasteiger partial charge in [0.15, 0.2) is 17.3 Å². The number of ether oxygens (including phenoxy) is 2. The maximum Gasteiger partial charge on any atom is 0.291 e. The van der Waals surface area contributed by atoms with Gasteiger partial charge in [-0.25, -0.2) is 0 Å². The normalized spacial score (nSPS) is 10.1. The van der Waals surface area contributed by atoms with Crippen LogP contribution in [-0.2, 0) is 0 Å². The number of anilines is 1. The molecule has 19 heavy (non-hydrogen) atoms. The quantitative estimate of drug-likeness (QED) is 0.919. The molecule has 1 aromatic carbocycles. The maximum absolute atomic E-state index is 12.0. The predicted octanol–water partition coefficient (Wildman–Crippen LogP) is 2.86. The Labute approximate surface area is 111 Å². The largest absolute Gasteiger partial charge is 0.493 e. The van der Waals surface area contributed by atoms with Gasteiger partial charge in [0.2, 0.25) is 0 Å². The predicted molar refractivity (Wildman–Crippen MR) is 70.9 cm³/mol. The van der Waals surface area contributed by atoms with E-state index in [2.05, 4.69) is 5.32 Å². The van der Waals surface area contributed by atoms with Crippen LogP contribution in [0.15, 0.2) is 34.9 Å². The molecule has 0 fully saturated rings. The number of hydrogen-bond acceptors (Lipinski definition) is 4. The smallest absolute Gasteiger partial charge is 0.291 e. The van der Waals surface area contributed by atoms with Gasteiger partial charge in [0, 0.05) is 17.3 Å². The molecule has 2 aromatic rings. The van der Waals surface area contributed by atoms with Gasteiger partial charge in [-0.05, 0) is 25.1 Å². The molecule has 0 radical (unpaired) electrons. The Balaban J connectivity index is 2.20. The molecule has 5 nitrogen and oxygen atoms in total. The summed E-state index contributed by atoms with van der Waals surface area (Å²) in [6.07, 6.45) is 1.48. The second-order valence-corrected chi connectivity index (χ2v) is 3.96. The molecule has 0 atom stereocenters. The third-order valence-corrected chi connectivity index (χ3v) is 2.71. The average Bonchev–Trinajstić information content (AvgIpc) is 2.85. The summed E-state index contributed by atoms with van der Waals surface area (Å²) in [5.41, 5.74) is 1.40. The van der Waals surface area contributed by atoms with E-state index in [1.165, 1.54) is 6.26 Å². The van der Waals surface area contributed by atoms with E-state index < -0.39 is 0 Å². The summed E-state index contributed by atoms with van der Waals surface area (Å²) in [6, 6.07) is 6.89. The molecule has 1 aromatic heterocycles. The number of carbonyl (C=O) groups excluding carboxylic acids is 1. The van der Waals surface area contributed by atoms with Crippen LogP contribution in [0.5, 0.6) is 11.5 Å². The SMILES string of the molecule is COc1ccc(NC(=O)c2occc2C)cc1OC. The number of hydrogen-bond donors (Lipinski definition) is 1. The van der Waals surface area contributed by atoms with Crippen LogP contribution in [0.1, 0.15) is 16.1 Å². The first-order chi connectivity index (χ1) is 9.15. The Kier molecular flexibility index (Phi) is 3.75. The topological polar surface area (TPSA) is 60.7 Å². The summed E-state index contributed by atoms with van der Waals surface area (Å²) in [5, 5.41) is 2.74. The molecule has 0 unspecified atom stereocenters. The minimum Gasteiger partial charge on any atom is -0.493 e. The molecule has 100 valence electrons. The summed E-state index contributed by atoms with van der Waals surface area (Å²) in [6.45, 7) is 1.81.